The largest absolute Gasteiger partial charge is 0.478 e. The second-order valence-electron chi connectivity index (χ2n) is 4.89. The highest BCUT2D eigenvalue weighted by molar-refractivity contribution is 5.87. The first-order chi connectivity index (χ1) is 11.4. The highest BCUT2D eigenvalue weighted by Crippen LogP contribution is 2.28. The van der Waals surface area contributed by atoms with Gasteiger partial charge in [0.15, 0.2) is 0 Å². The molecule has 0 fully saturated rings. The predicted molar refractivity (Wildman–Crippen MR) is 85.3 cm³/mol. The molecule has 9 heteroatoms. The van der Waals surface area contributed by atoms with Gasteiger partial charge in [0, 0.05) is 12.6 Å². The molecule has 2 aromatic rings. The number of anilines is 1. The van der Waals surface area contributed by atoms with E-state index in [9.17, 15) is 25.0 Å². The minimum atomic E-state index is -1.01. The molecule has 0 unspecified atom stereocenters. The van der Waals surface area contributed by atoms with Crippen LogP contribution in [0.4, 0.5) is 17.1 Å². The molecule has 0 bridgehead atoms. The van der Waals surface area contributed by atoms with E-state index in [2.05, 4.69) is 5.32 Å². The van der Waals surface area contributed by atoms with Crippen molar-refractivity contribution < 1.29 is 19.7 Å². The average molecular weight is 331 g/mol. The van der Waals surface area contributed by atoms with Crippen LogP contribution in [0, 0.1) is 20.2 Å². The van der Waals surface area contributed by atoms with E-state index in [1.165, 1.54) is 24.3 Å². The first-order valence-corrected chi connectivity index (χ1v) is 6.87. The third-order valence-corrected chi connectivity index (χ3v) is 3.32. The number of carbonyl (C=O) groups is 1. The highest BCUT2D eigenvalue weighted by Gasteiger charge is 2.19. The Kier molecular flexibility index (Phi) is 5.05. The Balaban J connectivity index is 2.05. The maximum Gasteiger partial charge on any atom is 0.335 e. The molecule has 0 amide bonds. The lowest BCUT2D eigenvalue weighted by molar-refractivity contribution is -0.393. The van der Waals surface area contributed by atoms with E-state index in [-0.39, 0.29) is 22.6 Å². The number of non-ortho nitro benzene ring substituents is 1. The zero-order chi connectivity index (χ0) is 17.7. The molecule has 0 saturated heterocycles. The fourth-order valence-electron chi connectivity index (χ4n) is 2.09. The van der Waals surface area contributed by atoms with E-state index in [1.807, 2.05) is 0 Å². The molecule has 2 rings (SSSR count). The molecule has 0 aromatic heterocycles. The summed E-state index contributed by atoms with van der Waals surface area (Å²) in [5.74, 6) is -1.01. The van der Waals surface area contributed by atoms with Crippen molar-refractivity contribution in [2.75, 3.05) is 11.9 Å². The van der Waals surface area contributed by atoms with Crippen molar-refractivity contribution in [2.45, 2.75) is 6.42 Å². The Bertz CT molecular complexity index is 788. The van der Waals surface area contributed by atoms with Crippen LogP contribution >= 0.6 is 0 Å². The van der Waals surface area contributed by atoms with Crippen molar-refractivity contribution in [3.05, 3.63) is 73.8 Å². The molecular formula is C15H13N3O6. The van der Waals surface area contributed by atoms with Crippen LogP contribution in [0.1, 0.15) is 15.9 Å². The van der Waals surface area contributed by atoms with Gasteiger partial charge in [-0.15, -0.1) is 0 Å². The maximum absolute atomic E-state index is 11.0. The van der Waals surface area contributed by atoms with E-state index >= 15 is 0 Å². The van der Waals surface area contributed by atoms with Gasteiger partial charge in [-0.3, -0.25) is 20.2 Å². The fourth-order valence-corrected chi connectivity index (χ4v) is 2.09. The number of hydrogen-bond acceptors (Lipinski definition) is 6. The Hall–Kier alpha value is -3.49. The minimum absolute atomic E-state index is 0.178. The maximum atomic E-state index is 11.0. The SMILES string of the molecule is O=C(O)c1ccc(CCNc2ccc([N+](=O)[O-])cc2[N+](=O)[O-])cc1. The summed E-state index contributed by atoms with van der Waals surface area (Å²) in [5, 5.41) is 33.4. The molecule has 2 N–H and O–H groups in total. The van der Waals surface area contributed by atoms with E-state index in [4.69, 9.17) is 5.11 Å². The third kappa shape index (κ3) is 4.03. The topological polar surface area (TPSA) is 136 Å². The van der Waals surface area contributed by atoms with Gasteiger partial charge in [0.25, 0.3) is 11.4 Å². The molecule has 9 nitrogen and oxygen atoms in total. The van der Waals surface area contributed by atoms with Crippen LogP contribution in [-0.2, 0) is 6.42 Å². The van der Waals surface area contributed by atoms with Gasteiger partial charge in [-0.1, -0.05) is 12.1 Å². The molecular weight excluding hydrogens is 318 g/mol. The first kappa shape index (κ1) is 16.9. The Morgan fingerprint density at radius 1 is 1.04 bits per heavy atom. The zero-order valence-electron chi connectivity index (χ0n) is 12.3. The lowest BCUT2D eigenvalue weighted by Crippen LogP contribution is -2.07. The Morgan fingerprint density at radius 2 is 1.71 bits per heavy atom. The second kappa shape index (κ2) is 7.18. The molecule has 124 valence electrons. The van der Waals surface area contributed by atoms with E-state index < -0.39 is 15.8 Å². The van der Waals surface area contributed by atoms with E-state index in [1.54, 1.807) is 12.1 Å². The highest BCUT2D eigenvalue weighted by atomic mass is 16.6. The van der Waals surface area contributed by atoms with Crippen molar-refractivity contribution in [1.29, 1.82) is 0 Å². The predicted octanol–water partition coefficient (Wildman–Crippen LogP) is 2.86. The first-order valence-electron chi connectivity index (χ1n) is 6.87. The summed E-state index contributed by atoms with van der Waals surface area (Å²) >= 11 is 0. The lowest BCUT2D eigenvalue weighted by Gasteiger charge is -2.07. The van der Waals surface area contributed by atoms with Crippen LogP contribution in [0.2, 0.25) is 0 Å². The van der Waals surface area contributed by atoms with Crippen molar-refractivity contribution in [3.8, 4) is 0 Å². The summed E-state index contributed by atoms with van der Waals surface area (Å²) in [4.78, 5) is 31.1. The van der Waals surface area contributed by atoms with Gasteiger partial charge >= 0.3 is 5.97 Å². The number of carboxylic acid groups (broad SMARTS) is 1. The van der Waals surface area contributed by atoms with Crippen molar-refractivity contribution in [2.24, 2.45) is 0 Å². The van der Waals surface area contributed by atoms with Crippen LogP contribution in [-0.4, -0.2) is 27.5 Å². The summed E-state index contributed by atoms with van der Waals surface area (Å²) in [6, 6.07) is 9.67. The quantitative estimate of drug-likeness (QED) is 0.588. The minimum Gasteiger partial charge on any atom is -0.478 e. The number of benzene rings is 2. The van der Waals surface area contributed by atoms with E-state index in [0.717, 1.165) is 11.6 Å². The Labute approximate surface area is 135 Å². The Morgan fingerprint density at radius 3 is 2.25 bits per heavy atom. The van der Waals surface area contributed by atoms with Crippen molar-refractivity contribution in [1.82, 2.24) is 0 Å². The van der Waals surface area contributed by atoms with E-state index in [0.29, 0.717) is 13.0 Å². The van der Waals surface area contributed by atoms with Gasteiger partial charge < -0.3 is 10.4 Å². The molecule has 2 aromatic carbocycles. The summed E-state index contributed by atoms with van der Waals surface area (Å²) in [5.41, 5.74) is 0.504. The van der Waals surface area contributed by atoms with Gasteiger partial charge in [-0.05, 0) is 30.2 Å². The van der Waals surface area contributed by atoms with Gasteiger partial charge in [-0.25, -0.2) is 4.79 Å². The molecule has 0 aliphatic carbocycles. The number of nitrogens with zero attached hydrogens (tertiary/aromatic N) is 2. The molecule has 0 aliphatic rings. The summed E-state index contributed by atoms with van der Waals surface area (Å²) in [6.07, 6.45) is 0.508. The van der Waals surface area contributed by atoms with Crippen LogP contribution in [0.3, 0.4) is 0 Å². The molecule has 0 atom stereocenters. The molecule has 0 spiro atoms. The number of rotatable bonds is 7. The number of nitro benzene ring substituents is 2. The normalized spacial score (nSPS) is 10.2. The smallest absolute Gasteiger partial charge is 0.335 e. The van der Waals surface area contributed by atoms with Crippen LogP contribution < -0.4 is 5.32 Å². The van der Waals surface area contributed by atoms with Crippen molar-refractivity contribution >= 4 is 23.0 Å². The molecule has 0 aliphatic heterocycles. The van der Waals surface area contributed by atoms with Crippen molar-refractivity contribution in [3.63, 3.8) is 0 Å². The molecule has 0 heterocycles. The zero-order valence-corrected chi connectivity index (χ0v) is 12.3. The number of hydrogen-bond donors (Lipinski definition) is 2. The van der Waals surface area contributed by atoms with Gasteiger partial charge in [0.1, 0.15) is 5.69 Å². The number of aromatic carboxylic acids is 1. The molecule has 0 radical (unpaired) electrons. The standard InChI is InChI=1S/C15H13N3O6/c19-15(20)11-3-1-10(2-4-11)7-8-16-13-6-5-12(17(21)22)9-14(13)18(23)24/h1-6,9,16H,7-8H2,(H,19,20). The van der Waals surface area contributed by atoms with Gasteiger partial charge in [-0.2, -0.15) is 0 Å². The second-order valence-corrected chi connectivity index (χ2v) is 4.89. The van der Waals surface area contributed by atoms with Crippen LogP contribution in [0.25, 0.3) is 0 Å². The lowest BCUT2D eigenvalue weighted by atomic mass is 10.1. The number of nitrogens with one attached hydrogen (secondary N) is 1. The third-order valence-electron chi connectivity index (χ3n) is 3.32. The van der Waals surface area contributed by atoms with Gasteiger partial charge in [0.2, 0.25) is 0 Å². The van der Waals surface area contributed by atoms with Gasteiger partial charge in [0.05, 0.1) is 21.5 Å². The fraction of sp³-hybridized carbons (Fsp3) is 0.133. The molecule has 0 saturated carbocycles. The molecule has 24 heavy (non-hydrogen) atoms. The number of carboxylic acids is 1. The summed E-state index contributed by atoms with van der Waals surface area (Å²) in [7, 11) is 0. The monoisotopic (exact) mass is 331 g/mol. The number of nitro groups is 2. The summed E-state index contributed by atoms with van der Waals surface area (Å²) < 4.78 is 0. The van der Waals surface area contributed by atoms with Crippen LogP contribution in [0.15, 0.2) is 42.5 Å². The van der Waals surface area contributed by atoms with Crippen LogP contribution in [0.5, 0.6) is 0 Å². The summed E-state index contributed by atoms with van der Waals surface area (Å²) in [6.45, 7) is 0.352. The average Bonchev–Trinajstić information content (AvgIpc) is 2.55.